The van der Waals surface area contributed by atoms with E-state index in [1.807, 2.05) is 0 Å². The van der Waals surface area contributed by atoms with Gasteiger partial charge >= 0.3 is 5.97 Å². The molecule has 0 aliphatic rings. The van der Waals surface area contributed by atoms with Gasteiger partial charge in [-0.05, 0) is 19.1 Å². The van der Waals surface area contributed by atoms with E-state index in [1.54, 1.807) is 39.3 Å². The van der Waals surface area contributed by atoms with Crippen LogP contribution in [0.1, 0.15) is 17.4 Å². The molecule has 2 N–H and O–H groups in total. The average Bonchev–Trinajstić information content (AvgIpc) is 2.88. The lowest BCUT2D eigenvalue weighted by Gasteiger charge is -2.10. The van der Waals surface area contributed by atoms with Crippen molar-refractivity contribution in [1.82, 2.24) is 4.98 Å². The Kier molecular flexibility index (Phi) is 4.64. The van der Waals surface area contributed by atoms with Crippen LogP contribution in [-0.4, -0.2) is 31.8 Å². The van der Waals surface area contributed by atoms with Crippen LogP contribution in [0.3, 0.4) is 0 Å². The molecule has 0 saturated carbocycles. The first-order chi connectivity index (χ1) is 10.1. The van der Waals surface area contributed by atoms with Crippen LogP contribution in [0.4, 0.5) is 5.13 Å². The van der Waals surface area contributed by atoms with Gasteiger partial charge in [0.25, 0.3) is 0 Å². The Morgan fingerprint density at radius 1 is 1.33 bits per heavy atom. The third-order valence-corrected chi connectivity index (χ3v) is 3.68. The van der Waals surface area contributed by atoms with Crippen LogP contribution in [0, 0.1) is 0 Å². The molecule has 7 heteroatoms. The van der Waals surface area contributed by atoms with E-state index in [1.165, 1.54) is 11.3 Å². The number of nitrogen functional groups attached to an aromatic ring is 1. The molecule has 1 aromatic heterocycles. The minimum absolute atomic E-state index is 0.197. The highest BCUT2D eigenvalue weighted by molar-refractivity contribution is 7.19. The topological polar surface area (TPSA) is 83.7 Å². The molecule has 0 atom stereocenters. The van der Waals surface area contributed by atoms with Gasteiger partial charge in [0.05, 0.1) is 25.7 Å². The highest BCUT2D eigenvalue weighted by atomic mass is 32.1. The Balaban J connectivity index is 2.54. The number of methoxy groups -OCH3 is 2. The summed E-state index contributed by atoms with van der Waals surface area (Å²) in [5, 5.41) is 0.297. The second kappa shape index (κ2) is 6.45. The summed E-state index contributed by atoms with van der Waals surface area (Å²) in [5.41, 5.74) is 6.65. The number of carbonyl (C=O) groups is 1. The molecule has 0 amide bonds. The van der Waals surface area contributed by atoms with Crippen molar-refractivity contribution in [3.63, 3.8) is 0 Å². The summed E-state index contributed by atoms with van der Waals surface area (Å²) in [4.78, 5) is 16.7. The Bertz CT molecular complexity index is 654. The summed E-state index contributed by atoms with van der Waals surface area (Å²) >= 11 is 1.21. The van der Waals surface area contributed by atoms with Crippen LogP contribution in [0.25, 0.3) is 10.4 Å². The summed E-state index contributed by atoms with van der Waals surface area (Å²) in [7, 11) is 3.12. The number of benzene rings is 1. The Hall–Kier alpha value is -2.28. The molecule has 0 saturated heterocycles. The molecule has 6 nitrogen and oxygen atoms in total. The molecule has 0 spiro atoms. The third-order valence-electron chi connectivity index (χ3n) is 2.77. The molecule has 2 aromatic rings. The zero-order valence-electron chi connectivity index (χ0n) is 12.0. The molecule has 0 aliphatic heterocycles. The zero-order chi connectivity index (χ0) is 15.4. The number of rotatable bonds is 5. The summed E-state index contributed by atoms with van der Waals surface area (Å²) in [6.07, 6.45) is 0. The fourth-order valence-corrected chi connectivity index (χ4v) is 2.69. The molecular weight excluding hydrogens is 292 g/mol. The quantitative estimate of drug-likeness (QED) is 0.855. The lowest BCUT2D eigenvalue weighted by atomic mass is 10.1. The van der Waals surface area contributed by atoms with Crippen molar-refractivity contribution in [3.05, 3.63) is 23.9 Å². The number of ether oxygens (including phenoxy) is 3. The maximum atomic E-state index is 12.0. The van der Waals surface area contributed by atoms with Gasteiger partial charge < -0.3 is 19.9 Å². The number of nitrogens with zero attached hydrogens (tertiary/aromatic N) is 1. The third kappa shape index (κ3) is 3.08. The first kappa shape index (κ1) is 15.1. The molecule has 0 fully saturated rings. The van der Waals surface area contributed by atoms with E-state index in [2.05, 4.69) is 4.98 Å². The number of hydrogen-bond acceptors (Lipinski definition) is 7. The molecule has 0 unspecified atom stereocenters. The van der Waals surface area contributed by atoms with E-state index in [4.69, 9.17) is 19.9 Å². The van der Waals surface area contributed by atoms with Crippen LogP contribution < -0.4 is 15.2 Å². The number of aromatic nitrogens is 1. The van der Waals surface area contributed by atoms with Crippen LogP contribution >= 0.6 is 11.3 Å². The minimum Gasteiger partial charge on any atom is -0.497 e. The van der Waals surface area contributed by atoms with Crippen molar-refractivity contribution in [2.24, 2.45) is 0 Å². The molecule has 1 heterocycles. The SMILES string of the molecule is CCOC(=O)c1nc(N)sc1-c1ccc(OC)cc1OC. The van der Waals surface area contributed by atoms with Gasteiger partial charge in [-0.15, -0.1) is 0 Å². The molecule has 0 aliphatic carbocycles. The van der Waals surface area contributed by atoms with Crippen molar-refractivity contribution in [2.75, 3.05) is 26.6 Å². The van der Waals surface area contributed by atoms with Crippen LogP contribution in [0.5, 0.6) is 11.5 Å². The number of hydrogen-bond donors (Lipinski definition) is 1. The van der Waals surface area contributed by atoms with Gasteiger partial charge in [0.1, 0.15) is 11.5 Å². The molecule has 112 valence electrons. The van der Waals surface area contributed by atoms with Gasteiger partial charge in [-0.2, -0.15) is 0 Å². The number of nitrogens with two attached hydrogens (primary N) is 1. The number of esters is 1. The van der Waals surface area contributed by atoms with Gasteiger partial charge in [0, 0.05) is 11.6 Å². The monoisotopic (exact) mass is 308 g/mol. The van der Waals surface area contributed by atoms with Crippen LogP contribution in [-0.2, 0) is 4.74 Å². The van der Waals surface area contributed by atoms with E-state index in [0.29, 0.717) is 21.5 Å². The lowest BCUT2D eigenvalue weighted by molar-refractivity contribution is 0.0521. The molecule has 1 aromatic carbocycles. The lowest BCUT2D eigenvalue weighted by Crippen LogP contribution is -2.07. The summed E-state index contributed by atoms with van der Waals surface area (Å²) in [6, 6.07) is 5.32. The number of carbonyl (C=O) groups excluding carboxylic acids is 1. The largest absolute Gasteiger partial charge is 0.497 e. The van der Waals surface area contributed by atoms with Gasteiger partial charge in [0.15, 0.2) is 10.8 Å². The van der Waals surface area contributed by atoms with Crippen LogP contribution in [0.2, 0.25) is 0 Å². The summed E-state index contributed by atoms with van der Waals surface area (Å²) in [6.45, 7) is 2.01. The van der Waals surface area contributed by atoms with E-state index in [9.17, 15) is 4.79 Å². The second-order valence-electron chi connectivity index (χ2n) is 4.02. The van der Waals surface area contributed by atoms with Gasteiger partial charge in [-0.3, -0.25) is 0 Å². The number of thiazole rings is 1. The summed E-state index contributed by atoms with van der Waals surface area (Å²) in [5.74, 6) is 0.729. The Morgan fingerprint density at radius 2 is 2.10 bits per heavy atom. The van der Waals surface area contributed by atoms with E-state index in [-0.39, 0.29) is 12.3 Å². The molecule has 0 bridgehead atoms. The highest BCUT2D eigenvalue weighted by Crippen LogP contribution is 2.39. The van der Waals surface area contributed by atoms with Crippen molar-refractivity contribution < 1.29 is 19.0 Å². The predicted octanol–water partition coefficient (Wildman–Crippen LogP) is 2.59. The smallest absolute Gasteiger partial charge is 0.358 e. The van der Waals surface area contributed by atoms with Gasteiger partial charge in [0.2, 0.25) is 0 Å². The minimum atomic E-state index is -0.502. The average molecular weight is 308 g/mol. The fourth-order valence-electron chi connectivity index (χ4n) is 1.84. The van der Waals surface area contributed by atoms with Crippen molar-refractivity contribution in [3.8, 4) is 21.9 Å². The first-order valence-corrected chi connectivity index (χ1v) is 7.08. The van der Waals surface area contributed by atoms with E-state index < -0.39 is 5.97 Å². The van der Waals surface area contributed by atoms with E-state index in [0.717, 1.165) is 5.56 Å². The van der Waals surface area contributed by atoms with E-state index >= 15 is 0 Å². The molecule has 21 heavy (non-hydrogen) atoms. The molecule has 2 rings (SSSR count). The van der Waals surface area contributed by atoms with Gasteiger partial charge in [-0.25, -0.2) is 9.78 Å². The molecule has 0 radical (unpaired) electrons. The predicted molar refractivity (Wildman–Crippen MR) is 81.0 cm³/mol. The fraction of sp³-hybridized carbons (Fsp3) is 0.286. The first-order valence-electron chi connectivity index (χ1n) is 6.26. The Labute approximate surface area is 126 Å². The van der Waals surface area contributed by atoms with Gasteiger partial charge in [-0.1, -0.05) is 11.3 Å². The number of anilines is 1. The normalized spacial score (nSPS) is 10.2. The molecular formula is C14H16N2O4S. The maximum Gasteiger partial charge on any atom is 0.358 e. The standard InChI is InChI=1S/C14H16N2O4S/c1-4-20-13(17)11-12(21-14(15)16-11)9-6-5-8(18-2)7-10(9)19-3/h5-7H,4H2,1-3H3,(H2,15,16). The van der Waals surface area contributed by atoms with Crippen LogP contribution in [0.15, 0.2) is 18.2 Å². The summed E-state index contributed by atoms with van der Waals surface area (Å²) < 4.78 is 15.5. The van der Waals surface area contributed by atoms with Crippen molar-refractivity contribution in [1.29, 1.82) is 0 Å². The highest BCUT2D eigenvalue weighted by Gasteiger charge is 2.22. The van der Waals surface area contributed by atoms with Crippen molar-refractivity contribution in [2.45, 2.75) is 6.92 Å². The maximum absolute atomic E-state index is 12.0. The second-order valence-corrected chi connectivity index (χ2v) is 5.05. The zero-order valence-corrected chi connectivity index (χ0v) is 12.8. The Morgan fingerprint density at radius 3 is 2.71 bits per heavy atom. The van der Waals surface area contributed by atoms with Crippen molar-refractivity contribution >= 4 is 22.4 Å².